The number of halogens is 2. The Morgan fingerprint density at radius 2 is 1.86 bits per heavy atom. The van der Waals surface area contributed by atoms with Crippen LogP contribution < -0.4 is 10.7 Å². The number of rotatable bonds is 12. The molecule has 0 bridgehead atoms. The van der Waals surface area contributed by atoms with Gasteiger partial charge in [0.05, 0.1) is 17.7 Å². The van der Waals surface area contributed by atoms with Crippen LogP contribution >= 0.6 is 11.6 Å². The van der Waals surface area contributed by atoms with Crippen LogP contribution in [0, 0.1) is 5.82 Å². The second-order valence-electron chi connectivity index (χ2n) is 10.2. The van der Waals surface area contributed by atoms with Crippen molar-refractivity contribution >= 4 is 46.1 Å². The molecule has 1 fully saturated rings. The van der Waals surface area contributed by atoms with Gasteiger partial charge in [-0.25, -0.2) is 19.6 Å². The topological polar surface area (TPSA) is 127 Å². The zero-order chi connectivity index (χ0) is 30.8. The molecule has 43 heavy (non-hydrogen) atoms. The van der Waals surface area contributed by atoms with E-state index in [4.69, 9.17) is 21.4 Å². The molecule has 13 heteroatoms. The standard InChI is InChI=1S/C30H36ClFN6O5/c1-21(40)38(34-19-24-7-4-8-26(32)29(24)31)25(9-10-28(41)37-13-11-36(12-14-37)15-16-39)20-43-30(42)35-27-17-22-5-2-3-6-23(22)18-33-27/h2-8,17-18,25,34,39H,9-16,19-20H2,1H3,(H,33,35,42)/t25-/m0/s1. The van der Waals surface area contributed by atoms with Gasteiger partial charge in [0.15, 0.2) is 0 Å². The Hall–Kier alpha value is -3.84. The number of ether oxygens (including phenoxy) is 1. The summed E-state index contributed by atoms with van der Waals surface area (Å²) in [6.07, 6.45) is 1.17. The summed E-state index contributed by atoms with van der Waals surface area (Å²) in [4.78, 5) is 46.6. The molecule has 3 amide bonds. The number of aliphatic hydroxyl groups is 1. The van der Waals surface area contributed by atoms with Crippen molar-refractivity contribution in [3.63, 3.8) is 0 Å². The van der Waals surface area contributed by atoms with Gasteiger partial charge in [-0.3, -0.25) is 24.8 Å². The Labute approximate surface area is 254 Å². The number of carbonyl (C=O) groups excluding carboxylic acids is 3. The first kappa shape index (κ1) is 32.1. The normalized spacial score (nSPS) is 14.4. The monoisotopic (exact) mass is 614 g/mol. The molecule has 2 aromatic carbocycles. The number of carbonyl (C=O) groups is 3. The van der Waals surface area contributed by atoms with Gasteiger partial charge < -0.3 is 14.7 Å². The average Bonchev–Trinajstić information content (AvgIpc) is 3.00. The maximum atomic E-state index is 14.0. The predicted molar refractivity (Wildman–Crippen MR) is 161 cm³/mol. The van der Waals surface area contributed by atoms with Gasteiger partial charge in [-0.2, -0.15) is 0 Å². The Morgan fingerprint density at radius 1 is 1.12 bits per heavy atom. The fourth-order valence-corrected chi connectivity index (χ4v) is 5.11. The van der Waals surface area contributed by atoms with Crippen LogP contribution in [0.5, 0.6) is 0 Å². The number of benzene rings is 2. The van der Waals surface area contributed by atoms with Gasteiger partial charge in [-0.1, -0.05) is 48.0 Å². The average molecular weight is 615 g/mol. The van der Waals surface area contributed by atoms with Crippen molar-refractivity contribution in [2.45, 2.75) is 32.4 Å². The number of piperazine rings is 1. The van der Waals surface area contributed by atoms with E-state index in [1.165, 1.54) is 24.1 Å². The van der Waals surface area contributed by atoms with E-state index in [2.05, 4.69) is 20.6 Å². The third kappa shape index (κ3) is 9.07. The van der Waals surface area contributed by atoms with Crippen LogP contribution in [0.1, 0.15) is 25.3 Å². The smallest absolute Gasteiger partial charge is 0.412 e. The summed E-state index contributed by atoms with van der Waals surface area (Å²) in [7, 11) is 0. The SMILES string of the molecule is CC(=O)N(NCc1cccc(F)c1Cl)[C@@H](CCC(=O)N1CCN(CCO)CC1)COC(=O)Nc1cc2ccccc2cn1. The molecule has 2 heterocycles. The minimum Gasteiger partial charge on any atom is -0.447 e. The van der Waals surface area contributed by atoms with Crippen LogP contribution in [-0.2, 0) is 20.9 Å². The van der Waals surface area contributed by atoms with Crippen molar-refractivity contribution in [3.05, 3.63) is 71.1 Å². The summed E-state index contributed by atoms with van der Waals surface area (Å²) in [6.45, 7) is 4.17. The zero-order valence-corrected chi connectivity index (χ0v) is 24.7. The van der Waals surface area contributed by atoms with Crippen LogP contribution in [0.2, 0.25) is 5.02 Å². The van der Waals surface area contributed by atoms with Crippen molar-refractivity contribution in [1.82, 2.24) is 25.2 Å². The molecule has 1 aromatic heterocycles. The number of hydrogen-bond donors (Lipinski definition) is 3. The van der Waals surface area contributed by atoms with E-state index in [1.54, 1.807) is 23.2 Å². The molecule has 0 unspecified atom stereocenters. The minimum atomic E-state index is -0.768. The van der Waals surface area contributed by atoms with E-state index in [9.17, 15) is 18.8 Å². The van der Waals surface area contributed by atoms with Gasteiger partial charge in [0.25, 0.3) is 0 Å². The molecule has 4 rings (SSSR count). The maximum absolute atomic E-state index is 14.0. The third-order valence-electron chi connectivity index (χ3n) is 7.28. The third-order valence-corrected chi connectivity index (χ3v) is 7.70. The number of anilines is 1. The number of hydrogen-bond acceptors (Lipinski definition) is 8. The number of hydrazine groups is 1. The van der Waals surface area contributed by atoms with Gasteiger partial charge in [-0.05, 0) is 29.5 Å². The van der Waals surface area contributed by atoms with E-state index in [0.717, 1.165) is 10.8 Å². The maximum Gasteiger partial charge on any atom is 0.412 e. The van der Waals surface area contributed by atoms with Crippen LogP contribution in [-0.4, -0.2) is 94.8 Å². The van der Waals surface area contributed by atoms with E-state index < -0.39 is 18.0 Å². The van der Waals surface area contributed by atoms with Gasteiger partial charge in [0, 0.05) is 64.2 Å². The molecule has 0 saturated carbocycles. The zero-order valence-electron chi connectivity index (χ0n) is 24.0. The molecular weight excluding hydrogens is 579 g/mol. The molecule has 1 atom stereocenters. The summed E-state index contributed by atoms with van der Waals surface area (Å²) < 4.78 is 19.5. The second-order valence-corrected chi connectivity index (χ2v) is 10.6. The van der Waals surface area contributed by atoms with Gasteiger partial charge in [-0.15, -0.1) is 0 Å². The van der Waals surface area contributed by atoms with Gasteiger partial charge >= 0.3 is 6.09 Å². The summed E-state index contributed by atoms with van der Waals surface area (Å²) in [6, 6.07) is 13.0. The van der Waals surface area contributed by atoms with Crippen LogP contribution in [0.15, 0.2) is 54.7 Å². The van der Waals surface area contributed by atoms with Crippen molar-refractivity contribution in [2.24, 2.45) is 0 Å². The van der Waals surface area contributed by atoms with Crippen LogP contribution in [0.3, 0.4) is 0 Å². The number of β-amino-alcohol motifs (C(OH)–C–C–N with tert-alkyl or cyclic N) is 1. The fraction of sp³-hybridized carbons (Fsp3) is 0.400. The minimum absolute atomic E-state index is 0.0284. The van der Waals surface area contributed by atoms with Crippen molar-refractivity contribution < 1.29 is 28.6 Å². The summed E-state index contributed by atoms with van der Waals surface area (Å²) in [5, 5.41) is 14.8. The molecular formula is C30H36ClFN6O5. The Kier molecular flexibility index (Phi) is 11.6. The predicted octanol–water partition coefficient (Wildman–Crippen LogP) is 3.41. The molecule has 1 saturated heterocycles. The number of pyridine rings is 1. The summed E-state index contributed by atoms with van der Waals surface area (Å²) in [5.41, 5.74) is 3.41. The van der Waals surface area contributed by atoms with E-state index in [0.29, 0.717) is 44.1 Å². The number of aliphatic hydroxyl groups excluding tert-OH is 1. The lowest BCUT2D eigenvalue weighted by Crippen LogP contribution is -2.52. The lowest BCUT2D eigenvalue weighted by atomic mass is 10.1. The number of fused-ring (bicyclic) bond motifs is 1. The molecule has 230 valence electrons. The quantitative estimate of drug-likeness (QED) is 0.265. The lowest BCUT2D eigenvalue weighted by molar-refractivity contribution is -0.139. The van der Waals surface area contributed by atoms with E-state index in [1.807, 2.05) is 24.3 Å². The number of nitrogens with one attached hydrogen (secondary N) is 2. The highest BCUT2D eigenvalue weighted by molar-refractivity contribution is 6.31. The van der Waals surface area contributed by atoms with Crippen molar-refractivity contribution in [1.29, 1.82) is 0 Å². The van der Waals surface area contributed by atoms with Gasteiger partial charge in [0.2, 0.25) is 11.8 Å². The van der Waals surface area contributed by atoms with Crippen LogP contribution in [0.4, 0.5) is 15.0 Å². The first-order valence-electron chi connectivity index (χ1n) is 14.1. The Morgan fingerprint density at radius 3 is 2.58 bits per heavy atom. The molecule has 0 radical (unpaired) electrons. The largest absolute Gasteiger partial charge is 0.447 e. The lowest BCUT2D eigenvalue weighted by Gasteiger charge is -2.35. The Bertz CT molecular complexity index is 1420. The second kappa shape index (κ2) is 15.6. The van der Waals surface area contributed by atoms with E-state index >= 15 is 0 Å². The number of aromatic nitrogens is 1. The van der Waals surface area contributed by atoms with Crippen molar-refractivity contribution in [3.8, 4) is 0 Å². The fourth-order valence-electron chi connectivity index (χ4n) is 4.91. The number of nitrogens with zero attached hydrogens (tertiary/aromatic N) is 4. The molecule has 11 nitrogen and oxygen atoms in total. The highest BCUT2D eigenvalue weighted by atomic mass is 35.5. The van der Waals surface area contributed by atoms with E-state index in [-0.39, 0.29) is 49.4 Å². The van der Waals surface area contributed by atoms with Gasteiger partial charge in [0.1, 0.15) is 18.2 Å². The first-order chi connectivity index (χ1) is 20.7. The summed E-state index contributed by atoms with van der Waals surface area (Å²) in [5.74, 6) is -0.755. The molecule has 3 N–H and O–H groups in total. The van der Waals surface area contributed by atoms with Crippen LogP contribution in [0.25, 0.3) is 10.8 Å². The summed E-state index contributed by atoms with van der Waals surface area (Å²) >= 11 is 6.10. The molecule has 1 aliphatic rings. The molecule has 0 spiro atoms. The molecule has 3 aromatic rings. The highest BCUT2D eigenvalue weighted by Gasteiger charge is 2.27. The Balaban J connectivity index is 1.42. The first-order valence-corrected chi connectivity index (χ1v) is 14.5. The number of amides is 3. The van der Waals surface area contributed by atoms with Crippen molar-refractivity contribution in [2.75, 3.05) is 51.3 Å². The molecule has 1 aliphatic heterocycles. The highest BCUT2D eigenvalue weighted by Crippen LogP contribution is 2.20. The molecule has 0 aliphatic carbocycles.